The summed E-state index contributed by atoms with van der Waals surface area (Å²) in [5.41, 5.74) is 8.70. The van der Waals surface area contributed by atoms with E-state index in [1.165, 1.54) is 12.0 Å². The van der Waals surface area contributed by atoms with E-state index in [4.69, 9.17) is 11.1 Å². The van der Waals surface area contributed by atoms with E-state index in [1.54, 1.807) is 0 Å². The molecule has 3 heteroatoms. The van der Waals surface area contributed by atoms with Gasteiger partial charge in [0.15, 0.2) is 0 Å². The highest BCUT2D eigenvalue weighted by atomic mass is 15.1. The number of hydrogen-bond acceptors (Lipinski definition) is 2. The molecule has 0 atom stereocenters. The second kappa shape index (κ2) is 5.54. The summed E-state index contributed by atoms with van der Waals surface area (Å²) in [6.07, 6.45) is 2.33. The van der Waals surface area contributed by atoms with Crippen LogP contribution in [0, 0.1) is 12.3 Å². The van der Waals surface area contributed by atoms with E-state index in [0.717, 1.165) is 24.2 Å². The SMILES string of the molecule is CCCCN(C)c1c(C)cccc1C(=N)N. The minimum Gasteiger partial charge on any atom is -0.384 e. The Morgan fingerprint density at radius 3 is 2.69 bits per heavy atom. The predicted octanol–water partition coefficient (Wildman–Crippen LogP) is 2.52. The Labute approximate surface area is 97.8 Å². The molecule has 3 N–H and O–H groups in total. The smallest absolute Gasteiger partial charge is 0.124 e. The minimum absolute atomic E-state index is 0.141. The topological polar surface area (TPSA) is 53.1 Å². The zero-order valence-corrected chi connectivity index (χ0v) is 10.4. The lowest BCUT2D eigenvalue weighted by atomic mass is 10.1. The third kappa shape index (κ3) is 2.75. The van der Waals surface area contributed by atoms with Crippen LogP contribution in [-0.2, 0) is 0 Å². The van der Waals surface area contributed by atoms with Gasteiger partial charge in [-0.1, -0.05) is 25.5 Å². The van der Waals surface area contributed by atoms with Crippen molar-refractivity contribution in [2.24, 2.45) is 5.73 Å². The van der Waals surface area contributed by atoms with Crippen LogP contribution in [0.5, 0.6) is 0 Å². The molecule has 3 nitrogen and oxygen atoms in total. The molecule has 0 aliphatic rings. The van der Waals surface area contributed by atoms with E-state index in [1.807, 2.05) is 12.1 Å². The van der Waals surface area contributed by atoms with Gasteiger partial charge in [-0.25, -0.2) is 0 Å². The van der Waals surface area contributed by atoms with Gasteiger partial charge in [0.2, 0.25) is 0 Å². The number of para-hydroxylation sites is 1. The molecule has 88 valence electrons. The number of nitrogens with zero attached hydrogens (tertiary/aromatic N) is 1. The van der Waals surface area contributed by atoms with Gasteiger partial charge >= 0.3 is 0 Å². The first-order chi connectivity index (χ1) is 7.57. The van der Waals surface area contributed by atoms with Crippen LogP contribution in [-0.4, -0.2) is 19.4 Å². The van der Waals surface area contributed by atoms with Crippen LogP contribution >= 0.6 is 0 Å². The van der Waals surface area contributed by atoms with Crippen molar-refractivity contribution in [3.05, 3.63) is 29.3 Å². The highest BCUT2D eigenvalue weighted by Gasteiger charge is 2.11. The average Bonchev–Trinajstić information content (AvgIpc) is 2.25. The van der Waals surface area contributed by atoms with Crippen LogP contribution in [0.2, 0.25) is 0 Å². The Bertz CT molecular complexity index is 371. The maximum atomic E-state index is 7.59. The lowest BCUT2D eigenvalue weighted by molar-refractivity contribution is 0.765. The molecule has 1 aromatic carbocycles. The Hall–Kier alpha value is -1.51. The first-order valence-electron chi connectivity index (χ1n) is 5.73. The van der Waals surface area contributed by atoms with E-state index in [9.17, 15) is 0 Å². The fourth-order valence-corrected chi connectivity index (χ4v) is 1.89. The quantitative estimate of drug-likeness (QED) is 0.590. The summed E-state index contributed by atoms with van der Waals surface area (Å²) in [6, 6.07) is 5.92. The van der Waals surface area contributed by atoms with Gasteiger partial charge in [0.25, 0.3) is 0 Å². The molecule has 0 aliphatic carbocycles. The number of aryl methyl sites for hydroxylation is 1. The standard InChI is InChI=1S/C13H21N3/c1-4-5-9-16(3)12-10(2)7-6-8-11(12)13(14)15/h6-8H,4-5,9H2,1-3H3,(H3,14,15). The lowest BCUT2D eigenvalue weighted by Gasteiger charge is -2.24. The van der Waals surface area contributed by atoms with Gasteiger partial charge in [-0.05, 0) is 25.0 Å². The molecule has 1 rings (SSSR count). The monoisotopic (exact) mass is 219 g/mol. The van der Waals surface area contributed by atoms with E-state index in [0.29, 0.717) is 0 Å². The van der Waals surface area contributed by atoms with Crippen molar-refractivity contribution in [2.45, 2.75) is 26.7 Å². The Balaban J connectivity index is 3.04. The van der Waals surface area contributed by atoms with Gasteiger partial charge in [0.05, 0.1) is 5.69 Å². The maximum Gasteiger partial charge on any atom is 0.124 e. The molecular weight excluding hydrogens is 198 g/mol. The number of hydrogen-bond donors (Lipinski definition) is 2. The van der Waals surface area contributed by atoms with Crippen LogP contribution in [0.3, 0.4) is 0 Å². The van der Waals surface area contributed by atoms with Crippen molar-refractivity contribution in [3.8, 4) is 0 Å². The van der Waals surface area contributed by atoms with E-state index >= 15 is 0 Å². The summed E-state index contributed by atoms with van der Waals surface area (Å²) in [7, 11) is 2.06. The lowest BCUT2D eigenvalue weighted by Crippen LogP contribution is -2.24. The van der Waals surface area contributed by atoms with E-state index < -0.39 is 0 Å². The second-order valence-corrected chi connectivity index (χ2v) is 4.16. The molecule has 0 bridgehead atoms. The first-order valence-corrected chi connectivity index (χ1v) is 5.73. The number of anilines is 1. The van der Waals surface area contributed by atoms with Crippen molar-refractivity contribution >= 4 is 11.5 Å². The Morgan fingerprint density at radius 1 is 1.44 bits per heavy atom. The minimum atomic E-state index is 0.141. The molecule has 0 unspecified atom stereocenters. The van der Waals surface area contributed by atoms with Gasteiger partial charge in [-0.2, -0.15) is 0 Å². The number of amidine groups is 1. The number of benzene rings is 1. The van der Waals surface area contributed by atoms with Gasteiger partial charge in [-0.15, -0.1) is 0 Å². The zero-order chi connectivity index (χ0) is 12.1. The summed E-state index contributed by atoms with van der Waals surface area (Å²) < 4.78 is 0. The van der Waals surface area contributed by atoms with Crippen LogP contribution in [0.25, 0.3) is 0 Å². The molecule has 1 aromatic rings. The zero-order valence-electron chi connectivity index (χ0n) is 10.4. The van der Waals surface area contributed by atoms with Crippen molar-refractivity contribution < 1.29 is 0 Å². The predicted molar refractivity (Wildman–Crippen MR) is 70.4 cm³/mol. The largest absolute Gasteiger partial charge is 0.384 e. The molecule has 0 radical (unpaired) electrons. The summed E-state index contributed by atoms with van der Waals surface area (Å²) in [4.78, 5) is 2.19. The second-order valence-electron chi connectivity index (χ2n) is 4.16. The summed E-state index contributed by atoms with van der Waals surface area (Å²) in [5.74, 6) is 0.141. The number of nitrogens with one attached hydrogen (secondary N) is 1. The first kappa shape index (κ1) is 12.6. The molecule has 0 heterocycles. The van der Waals surface area contributed by atoms with Crippen molar-refractivity contribution in [2.75, 3.05) is 18.5 Å². The summed E-state index contributed by atoms with van der Waals surface area (Å²) in [6.45, 7) is 5.24. The molecule has 0 saturated carbocycles. The Kier molecular flexibility index (Phi) is 4.35. The average molecular weight is 219 g/mol. The van der Waals surface area contributed by atoms with Gasteiger partial charge in [0, 0.05) is 19.2 Å². The maximum absolute atomic E-state index is 7.59. The van der Waals surface area contributed by atoms with Crippen molar-refractivity contribution in [1.82, 2.24) is 0 Å². The van der Waals surface area contributed by atoms with Crippen LogP contribution < -0.4 is 10.6 Å². The molecule has 0 aliphatic heterocycles. The van der Waals surface area contributed by atoms with Crippen LogP contribution in [0.15, 0.2) is 18.2 Å². The van der Waals surface area contributed by atoms with Crippen LogP contribution in [0.1, 0.15) is 30.9 Å². The molecule has 0 aromatic heterocycles. The summed E-state index contributed by atoms with van der Waals surface area (Å²) in [5, 5.41) is 7.59. The number of unbranched alkanes of at least 4 members (excludes halogenated alkanes) is 1. The van der Waals surface area contributed by atoms with Crippen molar-refractivity contribution in [3.63, 3.8) is 0 Å². The highest BCUT2D eigenvalue weighted by molar-refractivity contribution is 6.01. The number of nitrogens with two attached hydrogens (primary N) is 1. The molecule has 0 amide bonds. The number of nitrogen functional groups attached to an aromatic ring is 1. The molecule has 16 heavy (non-hydrogen) atoms. The molecule has 0 spiro atoms. The van der Waals surface area contributed by atoms with Gasteiger partial charge in [0.1, 0.15) is 5.84 Å². The van der Waals surface area contributed by atoms with E-state index in [2.05, 4.69) is 31.9 Å². The Morgan fingerprint density at radius 2 is 2.12 bits per heavy atom. The normalized spacial score (nSPS) is 10.2. The van der Waals surface area contributed by atoms with Crippen molar-refractivity contribution in [1.29, 1.82) is 5.41 Å². The third-order valence-electron chi connectivity index (χ3n) is 2.76. The fraction of sp³-hybridized carbons (Fsp3) is 0.462. The van der Waals surface area contributed by atoms with Gasteiger partial charge < -0.3 is 10.6 Å². The van der Waals surface area contributed by atoms with Gasteiger partial charge in [-0.3, -0.25) is 5.41 Å². The van der Waals surface area contributed by atoms with E-state index in [-0.39, 0.29) is 5.84 Å². The summed E-state index contributed by atoms with van der Waals surface area (Å²) >= 11 is 0. The van der Waals surface area contributed by atoms with Crippen LogP contribution in [0.4, 0.5) is 5.69 Å². The molecule has 0 saturated heterocycles. The molecule has 0 fully saturated rings. The highest BCUT2D eigenvalue weighted by Crippen LogP contribution is 2.24. The third-order valence-corrected chi connectivity index (χ3v) is 2.76. The molecular formula is C13H21N3. The number of rotatable bonds is 5. The fourth-order valence-electron chi connectivity index (χ4n) is 1.89.